The van der Waals surface area contributed by atoms with Gasteiger partial charge in [-0.05, 0) is 74.0 Å². The number of hydrogen-bond donors (Lipinski definition) is 2. The van der Waals surface area contributed by atoms with Crippen molar-refractivity contribution in [1.29, 1.82) is 0 Å². The number of hydrogen-bond acceptors (Lipinski definition) is 4. The number of nitrogens with zero attached hydrogens (tertiary/aromatic N) is 2. The van der Waals surface area contributed by atoms with Crippen molar-refractivity contribution in [2.45, 2.75) is 88.1 Å². The summed E-state index contributed by atoms with van der Waals surface area (Å²) in [5.41, 5.74) is 16.5. The number of nitrogens with one attached hydrogen (secondary N) is 2. The molecule has 0 saturated heterocycles. The van der Waals surface area contributed by atoms with Gasteiger partial charge in [0.15, 0.2) is 0 Å². The van der Waals surface area contributed by atoms with Gasteiger partial charge in [0.25, 0.3) is 10.2 Å². The molecule has 11 heteroatoms. The van der Waals surface area contributed by atoms with Gasteiger partial charge in [-0.1, -0.05) is 38.5 Å². The summed E-state index contributed by atoms with van der Waals surface area (Å²) in [6.45, 7) is 0. The molecule has 8 aliphatic rings. The SMILES string of the molecule is O=[N+]([O-])O.O=[N+]([O-])O.[NH-]C12CC3CC(CC(C3)C1)C2.[NH-]C12CC3CC(CC(C3)C1)C2.[Pd+2]. The second-order valence-corrected chi connectivity index (χ2v) is 10.9. The van der Waals surface area contributed by atoms with Crippen LogP contribution in [0.4, 0.5) is 0 Å². The van der Waals surface area contributed by atoms with Gasteiger partial charge < -0.3 is 21.9 Å². The van der Waals surface area contributed by atoms with E-state index < -0.39 is 10.2 Å². The van der Waals surface area contributed by atoms with Crippen LogP contribution >= 0.6 is 0 Å². The third kappa shape index (κ3) is 7.52. The van der Waals surface area contributed by atoms with Gasteiger partial charge in [0.2, 0.25) is 0 Å². The minimum atomic E-state index is -1.50. The Kier molecular flexibility index (Phi) is 8.70. The Morgan fingerprint density at radius 2 is 0.710 bits per heavy atom. The van der Waals surface area contributed by atoms with Gasteiger partial charge in [0.05, 0.1) is 0 Å². The fourth-order valence-electron chi connectivity index (χ4n) is 8.22. The largest absolute Gasteiger partial charge is 2.00 e. The maximum Gasteiger partial charge on any atom is 2.00 e. The molecule has 0 unspecified atom stereocenters. The van der Waals surface area contributed by atoms with Gasteiger partial charge in [-0.25, -0.2) is 0 Å². The van der Waals surface area contributed by atoms with Crippen LogP contribution in [0.2, 0.25) is 0 Å². The molecule has 8 aliphatic carbocycles. The van der Waals surface area contributed by atoms with Crippen LogP contribution in [0.1, 0.15) is 77.0 Å². The van der Waals surface area contributed by atoms with Crippen LogP contribution in [-0.2, 0) is 20.4 Å². The van der Waals surface area contributed by atoms with E-state index >= 15 is 0 Å². The van der Waals surface area contributed by atoms with Crippen molar-refractivity contribution in [2.24, 2.45) is 35.5 Å². The molecule has 0 aromatic rings. The van der Waals surface area contributed by atoms with Crippen molar-refractivity contribution in [1.82, 2.24) is 0 Å². The summed E-state index contributed by atoms with van der Waals surface area (Å²) in [6.07, 6.45) is 16.2. The molecule has 4 N–H and O–H groups in total. The molecular weight excluding hydrogens is 499 g/mol. The van der Waals surface area contributed by atoms with Gasteiger partial charge >= 0.3 is 20.4 Å². The first kappa shape index (κ1) is 26.2. The Morgan fingerprint density at radius 1 is 0.581 bits per heavy atom. The zero-order chi connectivity index (χ0) is 22.1. The van der Waals surface area contributed by atoms with Crippen LogP contribution < -0.4 is 0 Å². The maximum atomic E-state index is 8.36. The van der Waals surface area contributed by atoms with Crippen molar-refractivity contribution in [3.8, 4) is 0 Å². The first-order chi connectivity index (χ1) is 13.9. The average Bonchev–Trinajstić information content (AvgIpc) is 2.49. The summed E-state index contributed by atoms with van der Waals surface area (Å²) >= 11 is 0. The molecule has 8 fully saturated rings. The van der Waals surface area contributed by atoms with Crippen LogP contribution in [0.25, 0.3) is 11.5 Å². The number of rotatable bonds is 0. The molecule has 31 heavy (non-hydrogen) atoms. The summed E-state index contributed by atoms with van der Waals surface area (Å²) in [5.74, 6) is 5.74. The molecule has 0 aromatic heterocycles. The summed E-state index contributed by atoms with van der Waals surface area (Å²) in [6, 6.07) is 0. The van der Waals surface area contributed by atoms with Gasteiger partial charge in [0, 0.05) is 0 Å². The zero-order valence-corrected chi connectivity index (χ0v) is 19.2. The zero-order valence-electron chi connectivity index (χ0n) is 17.7. The summed E-state index contributed by atoms with van der Waals surface area (Å²) in [5, 5.41) is 27.3. The second kappa shape index (κ2) is 10.3. The Labute approximate surface area is 196 Å². The Hall–Kier alpha value is -1.02. The average molecular weight is 533 g/mol. The normalized spacial score (nSPS) is 44.3. The van der Waals surface area contributed by atoms with Gasteiger partial charge in [-0.2, -0.15) is 0 Å². The predicted molar refractivity (Wildman–Crippen MR) is 108 cm³/mol. The monoisotopic (exact) mass is 532 g/mol. The van der Waals surface area contributed by atoms with E-state index in [0.717, 1.165) is 35.5 Å². The molecule has 0 heterocycles. The van der Waals surface area contributed by atoms with Crippen molar-refractivity contribution >= 4 is 0 Å². The summed E-state index contributed by atoms with van der Waals surface area (Å²) in [4.78, 5) is 16.7. The molecule has 8 rings (SSSR count). The van der Waals surface area contributed by atoms with Crippen molar-refractivity contribution in [2.75, 3.05) is 0 Å². The van der Waals surface area contributed by atoms with Crippen LogP contribution in [0, 0.1) is 55.7 Å². The van der Waals surface area contributed by atoms with Crippen molar-refractivity contribution < 1.29 is 41.0 Å². The molecule has 180 valence electrons. The van der Waals surface area contributed by atoms with E-state index in [1.807, 2.05) is 0 Å². The van der Waals surface area contributed by atoms with Crippen LogP contribution in [-0.4, -0.2) is 31.7 Å². The molecular formula is C20H34N4O6Pd. The molecule has 8 saturated carbocycles. The van der Waals surface area contributed by atoms with E-state index in [1.54, 1.807) is 0 Å². The predicted octanol–water partition coefficient (Wildman–Crippen LogP) is 5.32. The van der Waals surface area contributed by atoms with E-state index in [1.165, 1.54) is 77.0 Å². The third-order valence-electron chi connectivity index (χ3n) is 8.08. The van der Waals surface area contributed by atoms with Crippen molar-refractivity contribution in [3.63, 3.8) is 0 Å². The third-order valence-corrected chi connectivity index (χ3v) is 8.08. The van der Waals surface area contributed by atoms with Crippen LogP contribution in [0.3, 0.4) is 0 Å². The molecule has 8 bridgehead atoms. The smallest absolute Gasteiger partial charge is 0.672 e. The van der Waals surface area contributed by atoms with Crippen LogP contribution in [0.5, 0.6) is 0 Å². The first-order valence-corrected chi connectivity index (χ1v) is 11.1. The summed E-state index contributed by atoms with van der Waals surface area (Å²) < 4.78 is 0. The molecule has 0 radical (unpaired) electrons. The minimum Gasteiger partial charge on any atom is -0.672 e. The Balaban J connectivity index is 0.000000162. The minimum absolute atomic E-state index is 0. The van der Waals surface area contributed by atoms with Crippen LogP contribution in [0.15, 0.2) is 0 Å². The fraction of sp³-hybridized carbons (Fsp3) is 1.00. The molecule has 10 nitrogen and oxygen atoms in total. The van der Waals surface area contributed by atoms with Gasteiger partial charge in [-0.15, -0.1) is 31.3 Å². The molecule has 0 amide bonds. The second-order valence-electron chi connectivity index (χ2n) is 10.9. The fourth-order valence-corrected chi connectivity index (χ4v) is 8.22. The summed E-state index contributed by atoms with van der Waals surface area (Å²) in [7, 11) is 0. The van der Waals surface area contributed by atoms with E-state index in [9.17, 15) is 0 Å². The van der Waals surface area contributed by atoms with E-state index in [2.05, 4.69) is 0 Å². The van der Waals surface area contributed by atoms with E-state index in [0.29, 0.717) is 0 Å². The molecule has 0 aliphatic heterocycles. The standard InChI is InChI=1S/2C10H16N.2HNO3.Pd/c2*11-10-4-7-1-8(5-10)3-9(2-7)6-10;2*2-1(3)4;/h2*7-9,11H,1-6H2;2*(H,2,3,4);/q2*-1;;;+2. The first-order valence-electron chi connectivity index (χ1n) is 11.1. The van der Waals surface area contributed by atoms with Crippen molar-refractivity contribution in [3.05, 3.63) is 31.7 Å². The van der Waals surface area contributed by atoms with Gasteiger partial charge in [0.1, 0.15) is 0 Å². The molecule has 0 spiro atoms. The molecule has 0 atom stereocenters. The van der Waals surface area contributed by atoms with Gasteiger partial charge in [-0.3, -0.25) is 0 Å². The Bertz CT molecular complexity index is 517. The van der Waals surface area contributed by atoms with E-state index in [-0.39, 0.29) is 31.5 Å². The quantitative estimate of drug-likeness (QED) is 0.242. The Morgan fingerprint density at radius 3 is 0.806 bits per heavy atom. The van der Waals surface area contributed by atoms with E-state index in [4.69, 9.17) is 42.1 Å². The molecule has 0 aromatic carbocycles. The topological polar surface area (TPSA) is 174 Å². The maximum absolute atomic E-state index is 8.36.